The zero-order valence-corrected chi connectivity index (χ0v) is 53.7. The summed E-state index contributed by atoms with van der Waals surface area (Å²) in [6.07, 6.45) is 6.80. The molecule has 16 N–H and O–H groups in total. The predicted molar refractivity (Wildman–Crippen MR) is 349 cm³/mol. The number of aromatic hydroxyl groups is 1. The number of aromatic nitrogens is 4. The third kappa shape index (κ3) is 19.6. The highest BCUT2D eigenvalue weighted by molar-refractivity contribution is 5.99. The van der Waals surface area contributed by atoms with Crippen molar-refractivity contribution >= 4 is 86.8 Å². The average molecular weight is 1300 g/mol. The maximum absolute atomic E-state index is 15.2. The van der Waals surface area contributed by atoms with E-state index < -0.39 is 115 Å². The molecule has 0 unspecified atom stereocenters. The molecule has 29 nitrogen and oxygen atoms in total. The van der Waals surface area contributed by atoms with Crippen molar-refractivity contribution in [3.05, 3.63) is 120 Å². The van der Waals surface area contributed by atoms with Gasteiger partial charge in [0.05, 0.1) is 19.5 Å². The standard InChI is InChI=1S/C65H87N17O12/c1-7-69-61(91)54-19-13-25-82(54)64(94)48(18-12-24-70-65(66)67)75-57(87)49(26-37(2)3)76-59(89)51(28-40-31-71-46-16-10-8-14-44(40)46)77-58(88)50(27-39-20-22-43(85)23-21-39)78-62(92)55(35-83)81(6)63(93)53(29-41-32-72-47-17-11-9-15-45(41)47)79-60(90)52(30-42-33-68-36-73-42)74-56(86)34-80(5)38(4)84/h8-11,14-17,20-23,31-33,36-37,48-55,71-72,83,85H,7,12-13,18-19,24-30,34-35H2,1-6H3,(H,68,73)(H,69,91)(H,74,86)(H,75,87)(H,76,89)(H,77,88)(H,78,92)(H,79,90)(H4,66,67,70)/t48-,49-,50-,51+,52-,53-,54+,55-/m0/s1. The van der Waals surface area contributed by atoms with Crippen LogP contribution in [0.2, 0.25) is 0 Å². The zero-order chi connectivity index (χ0) is 68.2. The van der Waals surface area contributed by atoms with Crippen molar-refractivity contribution in [2.24, 2.45) is 22.4 Å². The topological polar surface area (TPSA) is 430 Å². The number of H-pyrrole nitrogens is 3. The number of aliphatic hydroxyl groups excluding tert-OH is 1. The molecule has 10 amide bonds. The number of phenolic OH excluding ortho intramolecular Hbond substituents is 1. The number of nitrogens with two attached hydrogens (primary N) is 2. The van der Waals surface area contributed by atoms with Gasteiger partial charge >= 0.3 is 0 Å². The molecule has 1 fully saturated rings. The number of likely N-dealkylation sites (tertiary alicyclic amines) is 1. The highest BCUT2D eigenvalue weighted by Gasteiger charge is 2.40. The van der Waals surface area contributed by atoms with Crippen molar-refractivity contribution < 1.29 is 58.2 Å². The maximum Gasteiger partial charge on any atom is 0.245 e. The molecule has 7 rings (SSSR count). The first kappa shape index (κ1) is 71.1. The molecule has 6 aromatic rings. The molecule has 8 atom stereocenters. The minimum Gasteiger partial charge on any atom is -0.508 e. The van der Waals surface area contributed by atoms with Crippen LogP contribution in [0.3, 0.4) is 0 Å². The van der Waals surface area contributed by atoms with E-state index in [2.05, 4.69) is 62.1 Å². The lowest BCUT2D eigenvalue weighted by molar-refractivity contribution is -0.144. The summed E-state index contributed by atoms with van der Waals surface area (Å²) in [6, 6.07) is 9.41. The molecule has 0 bridgehead atoms. The second kappa shape index (κ2) is 33.8. The first-order chi connectivity index (χ1) is 44.9. The molecule has 0 saturated carbocycles. The van der Waals surface area contributed by atoms with Gasteiger partial charge in [0.25, 0.3) is 0 Å². The number of para-hydroxylation sites is 2. The molecule has 3 aromatic carbocycles. The molecular formula is C65H87N17O12. The number of rotatable bonds is 33. The summed E-state index contributed by atoms with van der Waals surface area (Å²) in [5.74, 6) is -7.59. The Morgan fingerprint density at radius 3 is 1.83 bits per heavy atom. The molecule has 4 heterocycles. The van der Waals surface area contributed by atoms with Crippen molar-refractivity contribution in [1.82, 2.24) is 71.9 Å². The molecule has 29 heteroatoms. The number of guanidine groups is 1. The second-order valence-corrected chi connectivity index (χ2v) is 23.9. The van der Waals surface area contributed by atoms with E-state index in [4.69, 9.17) is 11.5 Å². The van der Waals surface area contributed by atoms with Crippen molar-refractivity contribution in [2.45, 2.75) is 134 Å². The van der Waals surface area contributed by atoms with E-state index in [-0.39, 0.29) is 81.6 Å². The van der Waals surface area contributed by atoms with E-state index in [1.165, 1.54) is 62.7 Å². The van der Waals surface area contributed by atoms with E-state index in [1.54, 1.807) is 31.5 Å². The number of fused-ring (bicyclic) bond motifs is 2. The van der Waals surface area contributed by atoms with E-state index in [9.17, 15) is 43.8 Å². The van der Waals surface area contributed by atoms with Crippen LogP contribution in [0.15, 0.2) is 103 Å². The molecule has 0 radical (unpaired) electrons. The Hall–Kier alpha value is -10.3. The van der Waals surface area contributed by atoms with E-state index in [0.29, 0.717) is 63.6 Å². The summed E-state index contributed by atoms with van der Waals surface area (Å²) < 4.78 is 0. The number of aliphatic hydroxyl groups is 1. The fraction of sp³-hybridized carbons (Fsp3) is 0.446. The molecule has 94 heavy (non-hydrogen) atoms. The number of nitrogens with one attached hydrogen (secondary N) is 10. The number of imidazole rings is 1. The first-order valence-electron chi connectivity index (χ1n) is 31.3. The Balaban J connectivity index is 1.18. The van der Waals surface area contributed by atoms with Gasteiger partial charge in [-0.3, -0.25) is 52.9 Å². The highest BCUT2D eigenvalue weighted by atomic mass is 16.3. The molecule has 3 aromatic heterocycles. The van der Waals surface area contributed by atoms with Gasteiger partial charge in [-0.05, 0) is 85.9 Å². The number of carbonyl (C=O) groups excluding carboxylic acids is 10. The Morgan fingerprint density at radius 1 is 0.702 bits per heavy atom. The SMILES string of the molecule is CCNC(=O)[C@H]1CCCN1C(=O)[C@H](CCCN=C(N)N)NC(=O)[C@H](CC(C)C)NC(=O)[C@@H](Cc1c[nH]c2ccccc12)NC(=O)[C@H](Cc1ccc(O)cc1)NC(=O)[C@H](CO)N(C)C(=O)[C@H](Cc1c[nH]c2ccccc12)NC(=O)[C@H](Cc1cnc[nH]1)NC(=O)CN(C)C(C)=O. The van der Waals surface area contributed by atoms with Gasteiger partial charge in [-0.1, -0.05) is 62.4 Å². The van der Waals surface area contributed by atoms with Gasteiger partial charge in [-0.15, -0.1) is 0 Å². The summed E-state index contributed by atoms with van der Waals surface area (Å²) in [5, 5.41) is 42.2. The normalized spacial score (nSPS) is 15.1. The average Bonchev–Trinajstić information content (AvgIpc) is 1.71. The predicted octanol–water partition coefficient (Wildman–Crippen LogP) is -0.218. The van der Waals surface area contributed by atoms with Crippen LogP contribution in [0.4, 0.5) is 0 Å². The van der Waals surface area contributed by atoms with Crippen LogP contribution in [-0.2, 0) is 73.6 Å². The number of benzene rings is 3. The van der Waals surface area contributed by atoms with E-state index in [1.807, 2.05) is 50.2 Å². The van der Waals surface area contributed by atoms with Crippen LogP contribution < -0.4 is 48.7 Å². The number of aliphatic imine (C=N–C) groups is 1. The van der Waals surface area contributed by atoms with Crippen LogP contribution in [0.25, 0.3) is 21.8 Å². The minimum atomic E-state index is -1.74. The van der Waals surface area contributed by atoms with Crippen LogP contribution in [-0.4, -0.2) is 205 Å². The van der Waals surface area contributed by atoms with Gasteiger partial charge < -0.3 is 88.5 Å². The number of amides is 10. The summed E-state index contributed by atoms with van der Waals surface area (Å²) in [6.45, 7) is 6.05. The summed E-state index contributed by atoms with van der Waals surface area (Å²) in [4.78, 5) is 163. The molecule has 0 aliphatic carbocycles. The summed E-state index contributed by atoms with van der Waals surface area (Å²) in [5.41, 5.74) is 14.6. The Kier molecular flexibility index (Phi) is 25.6. The summed E-state index contributed by atoms with van der Waals surface area (Å²) in [7, 11) is 2.65. The van der Waals surface area contributed by atoms with Crippen LogP contribution in [0.1, 0.15) is 82.2 Å². The molecular weight excluding hydrogens is 1210 g/mol. The van der Waals surface area contributed by atoms with Crippen LogP contribution in [0.5, 0.6) is 5.75 Å². The number of hydrogen-bond donors (Lipinski definition) is 14. The van der Waals surface area contributed by atoms with Gasteiger partial charge in [0.15, 0.2) is 5.96 Å². The van der Waals surface area contributed by atoms with Crippen molar-refractivity contribution in [3.63, 3.8) is 0 Å². The number of likely N-dealkylation sites (N-methyl/N-ethyl adjacent to an activating group) is 3. The zero-order valence-electron chi connectivity index (χ0n) is 53.7. The number of aromatic amines is 3. The number of carbonyl (C=O) groups is 10. The molecule has 1 aliphatic heterocycles. The van der Waals surface area contributed by atoms with E-state index >= 15 is 14.4 Å². The fourth-order valence-corrected chi connectivity index (χ4v) is 11.3. The Labute approximate surface area is 543 Å². The maximum atomic E-state index is 15.2. The number of nitrogens with zero attached hydrogens (tertiary/aromatic N) is 5. The van der Waals surface area contributed by atoms with Gasteiger partial charge in [0.1, 0.15) is 54.1 Å². The third-order valence-electron chi connectivity index (χ3n) is 16.4. The lowest BCUT2D eigenvalue weighted by Crippen LogP contribution is -2.61. The van der Waals surface area contributed by atoms with Gasteiger partial charge in [0, 0.05) is 112 Å². The smallest absolute Gasteiger partial charge is 0.245 e. The monoisotopic (exact) mass is 1300 g/mol. The summed E-state index contributed by atoms with van der Waals surface area (Å²) >= 11 is 0. The van der Waals surface area contributed by atoms with Gasteiger partial charge in [-0.25, -0.2) is 4.98 Å². The minimum absolute atomic E-state index is 0.0640. The molecule has 0 spiro atoms. The molecule has 1 saturated heterocycles. The quantitative estimate of drug-likeness (QED) is 0.0144. The lowest BCUT2D eigenvalue weighted by atomic mass is 9.99. The third-order valence-corrected chi connectivity index (χ3v) is 16.4. The van der Waals surface area contributed by atoms with Crippen molar-refractivity contribution in [3.8, 4) is 5.75 Å². The van der Waals surface area contributed by atoms with E-state index in [0.717, 1.165) is 9.80 Å². The van der Waals surface area contributed by atoms with Gasteiger partial charge in [-0.2, -0.15) is 0 Å². The first-order valence-corrected chi connectivity index (χ1v) is 31.3. The fourth-order valence-electron chi connectivity index (χ4n) is 11.3. The molecule has 1 aliphatic rings. The van der Waals surface area contributed by atoms with Crippen molar-refractivity contribution in [2.75, 3.05) is 46.9 Å². The Bertz CT molecular complexity index is 3640. The largest absolute Gasteiger partial charge is 0.508 e. The second-order valence-electron chi connectivity index (χ2n) is 23.9. The van der Waals surface area contributed by atoms with Crippen LogP contribution in [0, 0.1) is 5.92 Å². The van der Waals surface area contributed by atoms with Crippen molar-refractivity contribution in [1.29, 1.82) is 0 Å². The highest BCUT2D eigenvalue weighted by Crippen LogP contribution is 2.24. The Morgan fingerprint density at radius 2 is 1.26 bits per heavy atom. The number of hydrogen-bond acceptors (Lipinski definition) is 14. The van der Waals surface area contributed by atoms with Gasteiger partial charge in [0.2, 0.25) is 59.1 Å². The molecule has 504 valence electrons. The lowest BCUT2D eigenvalue weighted by Gasteiger charge is -2.32. The number of phenols is 1. The van der Waals surface area contributed by atoms with Crippen LogP contribution >= 0.6 is 0 Å².